The largest absolute Gasteiger partial charge is 0.372 e. The van der Waals surface area contributed by atoms with Gasteiger partial charge in [0.1, 0.15) is 0 Å². The van der Waals surface area contributed by atoms with Gasteiger partial charge in [0.05, 0.1) is 18.8 Å². The van der Waals surface area contributed by atoms with E-state index in [2.05, 4.69) is 6.92 Å². The quantitative estimate of drug-likeness (QED) is 0.766. The number of fused-ring (bicyclic) bond motifs is 1. The second-order valence-corrected chi connectivity index (χ2v) is 4.21. The Morgan fingerprint density at radius 1 is 1.47 bits per heavy atom. The predicted octanol–water partition coefficient (Wildman–Crippen LogP) is 2.99. The number of hydrogen-bond acceptors (Lipinski definition) is 2. The zero-order valence-corrected chi connectivity index (χ0v) is 10.4. The van der Waals surface area contributed by atoms with Crippen LogP contribution in [0.1, 0.15) is 29.7 Å². The molecule has 0 saturated carbocycles. The van der Waals surface area contributed by atoms with Gasteiger partial charge in [-0.2, -0.15) is 0 Å². The van der Waals surface area contributed by atoms with Crippen molar-refractivity contribution in [2.24, 2.45) is 5.73 Å². The maximum atomic E-state index is 6.09. The Hall–Kier alpha value is -0.280. The Balaban J connectivity index is 0.00000112. The molecule has 0 bridgehead atoms. The van der Waals surface area contributed by atoms with Crippen LogP contribution in [0.3, 0.4) is 0 Å². The molecule has 0 spiro atoms. The van der Waals surface area contributed by atoms with Crippen molar-refractivity contribution in [1.82, 2.24) is 0 Å². The molecule has 0 saturated heterocycles. The van der Waals surface area contributed by atoms with E-state index < -0.39 is 0 Å². The number of aryl methyl sites for hydroxylation is 1. The summed E-state index contributed by atoms with van der Waals surface area (Å²) in [5.74, 6) is 0. The van der Waals surface area contributed by atoms with Gasteiger partial charge >= 0.3 is 0 Å². The second-order valence-electron chi connectivity index (χ2n) is 3.80. The highest BCUT2D eigenvalue weighted by molar-refractivity contribution is 6.31. The van der Waals surface area contributed by atoms with E-state index in [0.717, 1.165) is 16.1 Å². The van der Waals surface area contributed by atoms with E-state index in [-0.39, 0.29) is 24.6 Å². The smallest absolute Gasteiger partial charge is 0.0744 e. The standard InChI is InChI=1S/C11H14ClNO.ClH/c1-6-3-4-9(12)8-5-14-7(2)11(13)10(6)8;/h3-4,7,11H,5,13H2,1-2H3;1H/t7-,11+;/m0./s1. The van der Waals surface area contributed by atoms with Crippen LogP contribution in [0.15, 0.2) is 12.1 Å². The third-order valence-electron chi connectivity index (χ3n) is 2.85. The molecule has 2 N–H and O–H groups in total. The predicted molar refractivity (Wildman–Crippen MR) is 64.6 cm³/mol. The first kappa shape index (κ1) is 12.8. The minimum absolute atomic E-state index is 0. The lowest BCUT2D eigenvalue weighted by molar-refractivity contribution is 0.0212. The molecular formula is C11H15Cl2NO. The fourth-order valence-electron chi connectivity index (χ4n) is 1.92. The van der Waals surface area contributed by atoms with E-state index in [1.54, 1.807) is 0 Å². The van der Waals surface area contributed by atoms with Gasteiger partial charge in [-0.05, 0) is 31.0 Å². The minimum atomic E-state index is -0.0579. The van der Waals surface area contributed by atoms with E-state index in [1.165, 1.54) is 5.56 Å². The number of benzene rings is 1. The normalized spacial score (nSPS) is 24.3. The molecule has 0 radical (unpaired) electrons. The van der Waals surface area contributed by atoms with Gasteiger partial charge in [-0.3, -0.25) is 0 Å². The van der Waals surface area contributed by atoms with Crippen molar-refractivity contribution in [2.75, 3.05) is 0 Å². The summed E-state index contributed by atoms with van der Waals surface area (Å²) in [4.78, 5) is 0. The van der Waals surface area contributed by atoms with Crippen molar-refractivity contribution in [2.45, 2.75) is 32.6 Å². The van der Waals surface area contributed by atoms with Gasteiger partial charge in [0.15, 0.2) is 0 Å². The van der Waals surface area contributed by atoms with Crippen LogP contribution in [-0.2, 0) is 11.3 Å². The van der Waals surface area contributed by atoms with E-state index in [1.807, 2.05) is 19.1 Å². The van der Waals surface area contributed by atoms with E-state index >= 15 is 0 Å². The van der Waals surface area contributed by atoms with Crippen LogP contribution >= 0.6 is 24.0 Å². The topological polar surface area (TPSA) is 35.2 Å². The molecule has 15 heavy (non-hydrogen) atoms. The summed E-state index contributed by atoms with van der Waals surface area (Å²) in [6.45, 7) is 4.63. The fourth-order valence-corrected chi connectivity index (χ4v) is 2.14. The zero-order chi connectivity index (χ0) is 10.3. The molecule has 84 valence electrons. The van der Waals surface area contributed by atoms with Gasteiger partial charge in [0.25, 0.3) is 0 Å². The molecule has 0 aliphatic carbocycles. The Bertz CT molecular complexity index is 368. The molecule has 1 heterocycles. The van der Waals surface area contributed by atoms with Crippen LogP contribution in [0.5, 0.6) is 0 Å². The number of rotatable bonds is 0. The summed E-state index contributed by atoms with van der Waals surface area (Å²) < 4.78 is 5.54. The summed E-state index contributed by atoms with van der Waals surface area (Å²) in [6.07, 6.45) is 0.0691. The summed E-state index contributed by atoms with van der Waals surface area (Å²) in [6, 6.07) is 3.86. The van der Waals surface area contributed by atoms with Crippen LogP contribution in [0.4, 0.5) is 0 Å². The average Bonchev–Trinajstić information content (AvgIpc) is 2.16. The Labute approximate surface area is 101 Å². The van der Waals surface area contributed by atoms with Crippen molar-refractivity contribution in [1.29, 1.82) is 0 Å². The lowest BCUT2D eigenvalue weighted by Crippen LogP contribution is -2.32. The Morgan fingerprint density at radius 3 is 2.80 bits per heavy atom. The highest BCUT2D eigenvalue weighted by Gasteiger charge is 2.26. The molecule has 2 atom stereocenters. The molecule has 1 aliphatic rings. The van der Waals surface area contributed by atoms with Gasteiger partial charge in [-0.15, -0.1) is 12.4 Å². The van der Waals surface area contributed by atoms with Gasteiger partial charge in [0, 0.05) is 10.6 Å². The lowest BCUT2D eigenvalue weighted by Gasteiger charge is -2.30. The van der Waals surface area contributed by atoms with Gasteiger partial charge < -0.3 is 10.5 Å². The van der Waals surface area contributed by atoms with Crippen molar-refractivity contribution < 1.29 is 4.74 Å². The number of halogens is 2. The fraction of sp³-hybridized carbons (Fsp3) is 0.455. The molecule has 2 rings (SSSR count). The summed E-state index contributed by atoms with van der Waals surface area (Å²) in [5, 5.41) is 0.757. The molecule has 0 unspecified atom stereocenters. The van der Waals surface area contributed by atoms with Crippen molar-refractivity contribution in [3.05, 3.63) is 33.8 Å². The molecule has 0 amide bonds. The van der Waals surface area contributed by atoms with Gasteiger partial charge in [-0.1, -0.05) is 17.7 Å². The van der Waals surface area contributed by atoms with E-state index in [9.17, 15) is 0 Å². The number of nitrogens with two attached hydrogens (primary N) is 1. The van der Waals surface area contributed by atoms with Crippen LogP contribution < -0.4 is 5.73 Å². The first-order chi connectivity index (χ1) is 6.61. The first-order valence-electron chi connectivity index (χ1n) is 4.76. The second kappa shape index (κ2) is 4.71. The summed E-state index contributed by atoms with van der Waals surface area (Å²) in [5.41, 5.74) is 9.49. The zero-order valence-electron chi connectivity index (χ0n) is 8.79. The SMILES string of the molecule is Cc1ccc(Cl)c2c1[C@H](N)[C@H](C)OC2.Cl. The first-order valence-corrected chi connectivity index (χ1v) is 5.14. The molecule has 0 aromatic heterocycles. The highest BCUT2D eigenvalue weighted by atomic mass is 35.5. The average molecular weight is 248 g/mol. The van der Waals surface area contributed by atoms with Crippen LogP contribution in [0, 0.1) is 6.92 Å². The minimum Gasteiger partial charge on any atom is -0.372 e. The van der Waals surface area contributed by atoms with E-state index in [4.69, 9.17) is 22.1 Å². The van der Waals surface area contributed by atoms with Crippen LogP contribution in [-0.4, -0.2) is 6.10 Å². The Morgan fingerprint density at radius 2 is 2.13 bits per heavy atom. The van der Waals surface area contributed by atoms with Crippen molar-refractivity contribution in [3.63, 3.8) is 0 Å². The summed E-state index contributed by atoms with van der Waals surface area (Å²) >= 11 is 6.09. The van der Waals surface area contributed by atoms with Gasteiger partial charge in [-0.25, -0.2) is 0 Å². The maximum Gasteiger partial charge on any atom is 0.0744 e. The van der Waals surface area contributed by atoms with Crippen molar-refractivity contribution >= 4 is 24.0 Å². The number of ether oxygens (including phenoxy) is 1. The van der Waals surface area contributed by atoms with E-state index in [0.29, 0.717) is 6.61 Å². The molecule has 1 aromatic carbocycles. The summed E-state index contributed by atoms with van der Waals surface area (Å²) in [7, 11) is 0. The molecule has 1 aromatic rings. The van der Waals surface area contributed by atoms with Crippen LogP contribution in [0.2, 0.25) is 5.02 Å². The van der Waals surface area contributed by atoms with Crippen LogP contribution in [0.25, 0.3) is 0 Å². The molecular weight excluding hydrogens is 233 g/mol. The lowest BCUT2D eigenvalue weighted by atomic mass is 9.91. The van der Waals surface area contributed by atoms with Crippen molar-refractivity contribution in [3.8, 4) is 0 Å². The monoisotopic (exact) mass is 247 g/mol. The third-order valence-corrected chi connectivity index (χ3v) is 3.20. The molecule has 0 fully saturated rings. The maximum absolute atomic E-state index is 6.09. The molecule has 2 nitrogen and oxygen atoms in total. The molecule has 4 heteroatoms. The third kappa shape index (κ3) is 2.13. The highest BCUT2D eigenvalue weighted by Crippen LogP contribution is 2.34. The van der Waals surface area contributed by atoms with Gasteiger partial charge in [0.2, 0.25) is 0 Å². The number of hydrogen-bond donors (Lipinski definition) is 1. The molecule has 1 aliphatic heterocycles. The Kier molecular flexibility index (Phi) is 4.01.